The fraction of sp³-hybridized carbons (Fsp3) is 0.148. The first-order valence-electron chi connectivity index (χ1n) is 10.2. The fourth-order valence-corrected chi connectivity index (χ4v) is 3.61. The van der Waals surface area contributed by atoms with E-state index in [0.29, 0.717) is 18.3 Å². The van der Waals surface area contributed by atoms with E-state index in [4.69, 9.17) is 14.5 Å². The smallest absolute Gasteiger partial charge is 0.221 e. The Morgan fingerprint density at radius 1 is 0.935 bits per heavy atom. The maximum absolute atomic E-state index is 6.13. The number of pyridine rings is 1. The van der Waals surface area contributed by atoms with E-state index >= 15 is 0 Å². The van der Waals surface area contributed by atoms with Gasteiger partial charge in [0.15, 0.2) is 0 Å². The van der Waals surface area contributed by atoms with Crippen molar-refractivity contribution in [3.8, 4) is 11.6 Å². The first kappa shape index (κ1) is 20.6. The number of hydrogen-bond acceptors (Lipinski definition) is 4. The van der Waals surface area contributed by atoms with E-state index in [1.54, 1.807) is 7.11 Å². The van der Waals surface area contributed by atoms with Crippen molar-refractivity contribution in [2.75, 3.05) is 12.4 Å². The number of benzene rings is 3. The Balaban J connectivity index is 1.67. The lowest BCUT2D eigenvalue weighted by atomic mass is 10.1. The summed E-state index contributed by atoms with van der Waals surface area (Å²) in [5.74, 6) is 1.98. The van der Waals surface area contributed by atoms with Gasteiger partial charge in [-0.15, -0.1) is 0 Å². The zero-order valence-corrected chi connectivity index (χ0v) is 18.1. The number of anilines is 1. The van der Waals surface area contributed by atoms with Gasteiger partial charge in [0.1, 0.15) is 11.6 Å². The molecule has 0 fully saturated rings. The summed E-state index contributed by atoms with van der Waals surface area (Å²) in [5.41, 5.74) is 5.27. The molecule has 31 heavy (non-hydrogen) atoms. The lowest BCUT2D eigenvalue weighted by Gasteiger charge is -2.15. The molecule has 0 bridgehead atoms. The fourth-order valence-electron chi connectivity index (χ4n) is 3.61. The summed E-state index contributed by atoms with van der Waals surface area (Å²) in [7, 11) is 1.70. The lowest BCUT2D eigenvalue weighted by Crippen LogP contribution is -2.03. The molecular weight excluding hydrogens is 384 g/mol. The van der Waals surface area contributed by atoms with E-state index < -0.39 is 0 Å². The predicted molar refractivity (Wildman–Crippen MR) is 128 cm³/mol. The van der Waals surface area contributed by atoms with Crippen molar-refractivity contribution in [1.82, 2.24) is 4.98 Å². The SMILES string of the molecule is C=C(Nc1nc(Oc2ccc(COC)c(C)c2)cc2ccccc12)c1ccccc1C. The number of methoxy groups -OCH3 is 1. The van der Waals surface area contributed by atoms with Crippen LogP contribution in [0.15, 0.2) is 79.4 Å². The number of fused-ring (bicyclic) bond motifs is 1. The zero-order valence-electron chi connectivity index (χ0n) is 18.1. The molecule has 4 aromatic rings. The highest BCUT2D eigenvalue weighted by Gasteiger charge is 2.11. The van der Waals surface area contributed by atoms with E-state index in [2.05, 4.69) is 37.0 Å². The van der Waals surface area contributed by atoms with Crippen LogP contribution in [0.5, 0.6) is 11.6 Å². The summed E-state index contributed by atoms with van der Waals surface area (Å²) in [6, 6.07) is 24.2. The lowest BCUT2D eigenvalue weighted by molar-refractivity contribution is 0.184. The first-order chi connectivity index (χ1) is 15.0. The van der Waals surface area contributed by atoms with Crippen LogP contribution in [0.25, 0.3) is 16.5 Å². The molecule has 0 unspecified atom stereocenters. The quantitative estimate of drug-likeness (QED) is 0.361. The maximum Gasteiger partial charge on any atom is 0.221 e. The van der Waals surface area contributed by atoms with E-state index in [1.807, 2.05) is 61.5 Å². The van der Waals surface area contributed by atoms with Crippen molar-refractivity contribution in [3.63, 3.8) is 0 Å². The van der Waals surface area contributed by atoms with Crippen molar-refractivity contribution in [2.45, 2.75) is 20.5 Å². The molecule has 0 radical (unpaired) electrons. The highest BCUT2D eigenvalue weighted by atomic mass is 16.5. The molecule has 0 aliphatic heterocycles. The Hall–Kier alpha value is -3.63. The van der Waals surface area contributed by atoms with Crippen LogP contribution in [0.4, 0.5) is 5.82 Å². The van der Waals surface area contributed by atoms with Crippen molar-refractivity contribution in [3.05, 3.63) is 102 Å². The van der Waals surface area contributed by atoms with Crippen LogP contribution in [-0.2, 0) is 11.3 Å². The van der Waals surface area contributed by atoms with Gasteiger partial charge in [-0.25, -0.2) is 0 Å². The monoisotopic (exact) mass is 410 g/mol. The highest BCUT2D eigenvalue weighted by Crippen LogP contribution is 2.31. The molecule has 0 saturated carbocycles. The molecule has 4 heteroatoms. The average Bonchev–Trinajstić information content (AvgIpc) is 2.76. The standard InChI is InChI=1S/C27H26N2O2/c1-18-9-5-7-11-24(18)20(3)28-27-25-12-8-6-10-21(25)16-26(29-27)31-23-14-13-22(17-30-4)19(2)15-23/h5-16H,3,17H2,1-2,4H3,(H,28,29). The van der Waals surface area contributed by atoms with Crippen LogP contribution >= 0.6 is 0 Å². The summed E-state index contributed by atoms with van der Waals surface area (Å²) in [4.78, 5) is 4.76. The molecule has 0 aliphatic rings. The summed E-state index contributed by atoms with van der Waals surface area (Å²) in [6.45, 7) is 8.94. The van der Waals surface area contributed by atoms with Gasteiger partial charge in [0, 0.05) is 29.8 Å². The zero-order chi connectivity index (χ0) is 21.8. The second-order valence-corrected chi connectivity index (χ2v) is 7.57. The Labute approximate surface area is 183 Å². The van der Waals surface area contributed by atoms with Crippen molar-refractivity contribution >= 4 is 22.3 Å². The Morgan fingerprint density at radius 3 is 2.48 bits per heavy atom. The van der Waals surface area contributed by atoms with Gasteiger partial charge in [-0.05, 0) is 48.1 Å². The number of nitrogens with zero attached hydrogens (tertiary/aromatic N) is 1. The third kappa shape index (κ3) is 4.60. The second kappa shape index (κ2) is 9.02. The predicted octanol–water partition coefficient (Wildman–Crippen LogP) is 6.87. The number of aromatic nitrogens is 1. The Morgan fingerprint density at radius 2 is 1.71 bits per heavy atom. The highest BCUT2D eigenvalue weighted by molar-refractivity contribution is 5.96. The van der Waals surface area contributed by atoms with Gasteiger partial charge in [0.25, 0.3) is 0 Å². The molecule has 156 valence electrons. The third-order valence-electron chi connectivity index (χ3n) is 5.29. The van der Waals surface area contributed by atoms with Crippen LogP contribution in [0, 0.1) is 13.8 Å². The van der Waals surface area contributed by atoms with Crippen LogP contribution in [0.3, 0.4) is 0 Å². The van der Waals surface area contributed by atoms with Crippen LogP contribution in [-0.4, -0.2) is 12.1 Å². The maximum atomic E-state index is 6.13. The topological polar surface area (TPSA) is 43.4 Å². The van der Waals surface area contributed by atoms with Crippen LogP contribution in [0.2, 0.25) is 0 Å². The summed E-state index contributed by atoms with van der Waals surface area (Å²) >= 11 is 0. The molecule has 0 spiro atoms. The number of rotatable bonds is 7. The van der Waals surface area contributed by atoms with E-state index in [0.717, 1.165) is 44.5 Å². The van der Waals surface area contributed by atoms with E-state index in [-0.39, 0.29) is 0 Å². The largest absolute Gasteiger partial charge is 0.439 e. The van der Waals surface area contributed by atoms with Gasteiger partial charge in [0.05, 0.1) is 6.61 Å². The Bertz CT molecular complexity index is 1250. The Kier molecular flexibility index (Phi) is 6.01. The third-order valence-corrected chi connectivity index (χ3v) is 5.29. The average molecular weight is 411 g/mol. The summed E-state index contributed by atoms with van der Waals surface area (Å²) in [6.07, 6.45) is 0. The number of nitrogens with one attached hydrogen (secondary N) is 1. The number of ether oxygens (including phenoxy) is 2. The molecule has 1 N–H and O–H groups in total. The van der Waals surface area contributed by atoms with Gasteiger partial charge >= 0.3 is 0 Å². The van der Waals surface area contributed by atoms with E-state index in [1.165, 1.54) is 0 Å². The van der Waals surface area contributed by atoms with Crippen LogP contribution in [0.1, 0.15) is 22.3 Å². The molecule has 4 nitrogen and oxygen atoms in total. The minimum Gasteiger partial charge on any atom is -0.439 e. The molecule has 1 heterocycles. The van der Waals surface area contributed by atoms with Crippen LogP contribution < -0.4 is 10.1 Å². The summed E-state index contributed by atoms with van der Waals surface area (Å²) < 4.78 is 11.4. The molecule has 0 saturated heterocycles. The van der Waals surface area contributed by atoms with Gasteiger partial charge in [-0.1, -0.05) is 61.2 Å². The van der Waals surface area contributed by atoms with Crippen molar-refractivity contribution < 1.29 is 9.47 Å². The molecular formula is C27H26N2O2. The van der Waals surface area contributed by atoms with Gasteiger partial charge in [-0.2, -0.15) is 4.98 Å². The molecule has 3 aromatic carbocycles. The van der Waals surface area contributed by atoms with Gasteiger partial charge < -0.3 is 14.8 Å². The number of aryl methyl sites for hydroxylation is 2. The van der Waals surface area contributed by atoms with Gasteiger partial charge in [0.2, 0.25) is 5.88 Å². The van der Waals surface area contributed by atoms with Gasteiger partial charge in [-0.3, -0.25) is 0 Å². The van der Waals surface area contributed by atoms with Crippen molar-refractivity contribution in [2.24, 2.45) is 0 Å². The molecule has 0 aliphatic carbocycles. The minimum absolute atomic E-state index is 0.526. The van der Waals surface area contributed by atoms with E-state index in [9.17, 15) is 0 Å². The molecule has 1 aromatic heterocycles. The van der Waals surface area contributed by atoms with Crippen molar-refractivity contribution in [1.29, 1.82) is 0 Å². The second-order valence-electron chi connectivity index (χ2n) is 7.57. The summed E-state index contributed by atoms with van der Waals surface area (Å²) in [5, 5.41) is 5.46. The molecule has 0 atom stereocenters. The molecule has 0 amide bonds. The number of hydrogen-bond donors (Lipinski definition) is 1. The molecule has 4 rings (SSSR count). The normalized spacial score (nSPS) is 10.8. The minimum atomic E-state index is 0.526. The first-order valence-corrected chi connectivity index (χ1v) is 10.2.